The first-order chi connectivity index (χ1) is 20.7. The van der Waals surface area contributed by atoms with Gasteiger partial charge in [0.05, 0.1) is 38.6 Å². The van der Waals surface area contributed by atoms with Crippen molar-refractivity contribution in [3.8, 4) is 0 Å². The number of carbonyl (C=O) groups is 1. The molecule has 1 aliphatic rings. The summed E-state index contributed by atoms with van der Waals surface area (Å²) in [7, 11) is 0. The summed E-state index contributed by atoms with van der Waals surface area (Å²) in [6.07, 6.45) is -3.79. The highest BCUT2D eigenvalue weighted by atomic mass is 16.6. The third-order valence-corrected chi connectivity index (χ3v) is 7.13. The summed E-state index contributed by atoms with van der Waals surface area (Å²) in [5.74, 6) is -0.531. The van der Waals surface area contributed by atoms with Crippen molar-refractivity contribution in [3.63, 3.8) is 0 Å². The van der Waals surface area contributed by atoms with Crippen LogP contribution >= 0.6 is 0 Å². The van der Waals surface area contributed by atoms with Gasteiger partial charge in [-0.25, -0.2) is 4.79 Å². The van der Waals surface area contributed by atoms with Gasteiger partial charge in [-0.1, -0.05) is 109 Å². The molecule has 1 aliphatic heterocycles. The number of hydrogen-bond acceptors (Lipinski definition) is 7. The molecule has 5 atom stereocenters. The largest absolute Gasteiger partial charge is 0.453 e. The van der Waals surface area contributed by atoms with E-state index in [1.807, 2.05) is 97.1 Å². The van der Waals surface area contributed by atoms with Gasteiger partial charge in [-0.15, -0.1) is 0 Å². The third-order valence-electron chi connectivity index (χ3n) is 7.13. The van der Waals surface area contributed by atoms with Crippen LogP contribution in [-0.4, -0.2) is 54.8 Å². The first kappa shape index (κ1) is 29.6. The molecule has 42 heavy (non-hydrogen) atoms. The van der Waals surface area contributed by atoms with Gasteiger partial charge >= 0.3 is 5.97 Å². The lowest BCUT2D eigenvalue weighted by molar-refractivity contribution is -0.265. The average molecular weight is 569 g/mol. The number of rotatable bonds is 13. The Hall–Kier alpha value is -3.85. The number of ether oxygens (including phenoxy) is 5. The Morgan fingerprint density at radius 1 is 0.595 bits per heavy atom. The molecule has 1 N–H and O–H groups in total. The Balaban J connectivity index is 1.41. The van der Waals surface area contributed by atoms with Crippen molar-refractivity contribution in [2.75, 3.05) is 13.2 Å². The molecular formula is C35H36O7. The predicted octanol–water partition coefficient (Wildman–Crippen LogP) is 5.36. The summed E-state index contributed by atoms with van der Waals surface area (Å²) in [5.41, 5.74) is 3.35. The fourth-order valence-electron chi connectivity index (χ4n) is 4.97. The maximum atomic E-state index is 13.2. The van der Waals surface area contributed by atoms with Gasteiger partial charge in [0.1, 0.15) is 24.4 Å². The fraction of sp³-hybridized carbons (Fsp3) is 0.286. The van der Waals surface area contributed by atoms with Crippen molar-refractivity contribution in [2.45, 2.75) is 50.3 Å². The van der Waals surface area contributed by atoms with E-state index in [2.05, 4.69) is 0 Å². The van der Waals surface area contributed by atoms with Crippen LogP contribution in [0.4, 0.5) is 0 Å². The molecule has 0 bridgehead atoms. The topological polar surface area (TPSA) is 83.5 Å². The van der Waals surface area contributed by atoms with E-state index in [0.717, 1.165) is 16.7 Å². The number of carbonyl (C=O) groups excluding carboxylic acids is 1. The number of esters is 1. The van der Waals surface area contributed by atoms with Crippen LogP contribution in [0.2, 0.25) is 0 Å². The summed E-state index contributed by atoms with van der Waals surface area (Å²) >= 11 is 0. The van der Waals surface area contributed by atoms with Crippen molar-refractivity contribution >= 4 is 5.97 Å². The smallest absolute Gasteiger partial charge is 0.338 e. The van der Waals surface area contributed by atoms with Crippen molar-refractivity contribution in [2.24, 2.45) is 0 Å². The molecule has 0 saturated carbocycles. The molecule has 0 unspecified atom stereocenters. The van der Waals surface area contributed by atoms with E-state index < -0.39 is 36.5 Å². The monoisotopic (exact) mass is 568 g/mol. The molecule has 0 amide bonds. The summed E-state index contributed by atoms with van der Waals surface area (Å²) in [5, 5.41) is 10.4. The molecular weight excluding hydrogens is 532 g/mol. The molecule has 218 valence electrons. The van der Waals surface area contributed by atoms with Gasteiger partial charge in [0, 0.05) is 0 Å². The molecule has 0 aliphatic carbocycles. The molecule has 4 aromatic rings. The highest BCUT2D eigenvalue weighted by molar-refractivity contribution is 5.89. The zero-order chi connectivity index (χ0) is 29.0. The lowest BCUT2D eigenvalue weighted by Crippen LogP contribution is -2.62. The van der Waals surface area contributed by atoms with Crippen molar-refractivity contribution < 1.29 is 33.6 Å². The molecule has 0 radical (unpaired) electrons. The van der Waals surface area contributed by atoms with E-state index in [-0.39, 0.29) is 19.8 Å². The Morgan fingerprint density at radius 3 is 1.60 bits per heavy atom. The molecule has 7 nitrogen and oxygen atoms in total. The van der Waals surface area contributed by atoms with Crippen LogP contribution in [-0.2, 0) is 43.5 Å². The molecule has 4 aromatic carbocycles. The summed E-state index contributed by atoms with van der Waals surface area (Å²) in [4.78, 5) is 13.2. The minimum atomic E-state index is -0.933. The quantitative estimate of drug-likeness (QED) is 0.218. The molecule has 1 heterocycles. The van der Waals surface area contributed by atoms with E-state index in [1.54, 1.807) is 24.3 Å². The molecule has 0 spiro atoms. The highest BCUT2D eigenvalue weighted by Gasteiger charge is 2.49. The van der Waals surface area contributed by atoms with Gasteiger partial charge in [0.15, 0.2) is 6.10 Å². The fourth-order valence-corrected chi connectivity index (χ4v) is 4.97. The van der Waals surface area contributed by atoms with Crippen LogP contribution in [0, 0.1) is 0 Å². The lowest BCUT2D eigenvalue weighted by atomic mass is 9.94. The third kappa shape index (κ3) is 8.12. The van der Waals surface area contributed by atoms with Crippen LogP contribution < -0.4 is 0 Å². The van der Waals surface area contributed by atoms with Crippen LogP contribution in [0.1, 0.15) is 27.0 Å². The van der Waals surface area contributed by atoms with E-state index in [4.69, 9.17) is 23.7 Å². The number of benzene rings is 4. The first-order valence-corrected chi connectivity index (χ1v) is 14.2. The lowest BCUT2D eigenvalue weighted by Gasteiger charge is -2.45. The van der Waals surface area contributed by atoms with Gasteiger partial charge in [-0.3, -0.25) is 0 Å². The normalized spacial score (nSPS) is 22.0. The van der Waals surface area contributed by atoms with E-state index in [1.165, 1.54) is 0 Å². The van der Waals surface area contributed by atoms with Gasteiger partial charge in [-0.05, 0) is 28.8 Å². The zero-order valence-electron chi connectivity index (χ0n) is 23.4. The second-order valence-electron chi connectivity index (χ2n) is 10.2. The van der Waals surface area contributed by atoms with E-state index in [0.29, 0.717) is 18.8 Å². The van der Waals surface area contributed by atoms with Crippen LogP contribution in [0.25, 0.3) is 0 Å². The van der Waals surface area contributed by atoms with Gasteiger partial charge < -0.3 is 28.8 Å². The summed E-state index contributed by atoms with van der Waals surface area (Å²) in [6, 6.07) is 38.2. The van der Waals surface area contributed by atoms with Crippen LogP contribution in [0.15, 0.2) is 121 Å². The molecule has 5 rings (SSSR count). The Bertz CT molecular complexity index is 1340. The number of aliphatic hydroxyl groups is 1. The maximum Gasteiger partial charge on any atom is 0.338 e. The van der Waals surface area contributed by atoms with Crippen LogP contribution in [0.5, 0.6) is 0 Å². The van der Waals surface area contributed by atoms with Crippen molar-refractivity contribution in [1.82, 2.24) is 0 Å². The number of aliphatic hydroxyl groups excluding tert-OH is 1. The SMILES string of the molecule is O=C(O[C@@H]1[C@@H](OCc2ccccc2)[C@H](OCc2ccccc2)[C@@H](COCc2ccccc2)O[C@H]1CO)c1ccccc1. The number of hydrogen-bond donors (Lipinski definition) is 1. The summed E-state index contributed by atoms with van der Waals surface area (Å²) in [6.45, 7) is 0.746. The van der Waals surface area contributed by atoms with Crippen molar-refractivity contribution in [1.29, 1.82) is 0 Å². The molecule has 0 aromatic heterocycles. The average Bonchev–Trinajstić information content (AvgIpc) is 3.05. The second-order valence-corrected chi connectivity index (χ2v) is 10.2. The Morgan fingerprint density at radius 2 is 1.07 bits per heavy atom. The van der Waals surface area contributed by atoms with Gasteiger partial charge in [-0.2, -0.15) is 0 Å². The molecule has 1 saturated heterocycles. The molecule has 7 heteroatoms. The van der Waals surface area contributed by atoms with Crippen LogP contribution in [0.3, 0.4) is 0 Å². The minimum absolute atomic E-state index is 0.190. The Kier molecular flexibility index (Phi) is 10.9. The van der Waals surface area contributed by atoms with Gasteiger partial charge in [0.25, 0.3) is 0 Å². The zero-order valence-corrected chi connectivity index (χ0v) is 23.4. The second kappa shape index (κ2) is 15.4. The minimum Gasteiger partial charge on any atom is -0.453 e. The first-order valence-electron chi connectivity index (χ1n) is 14.2. The van der Waals surface area contributed by atoms with E-state index in [9.17, 15) is 9.90 Å². The summed E-state index contributed by atoms with van der Waals surface area (Å²) < 4.78 is 31.4. The predicted molar refractivity (Wildman–Crippen MR) is 158 cm³/mol. The van der Waals surface area contributed by atoms with E-state index >= 15 is 0 Å². The standard InChI is InChI=1S/C35H36O7/c36-21-30-33(42-35(37)29-19-11-4-12-20-29)34(40-24-28-17-9-3-10-18-28)32(39-23-27-15-7-2-8-16-27)31(41-30)25-38-22-26-13-5-1-6-14-26/h1-20,30-34,36H,21-25H2/t30-,31+,32+,33-,34-/m0/s1. The highest BCUT2D eigenvalue weighted by Crippen LogP contribution is 2.31. The van der Waals surface area contributed by atoms with Crippen molar-refractivity contribution in [3.05, 3.63) is 144 Å². The van der Waals surface area contributed by atoms with Gasteiger partial charge in [0.2, 0.25) is 0 Å². The Labute approximate surface area is 246 Å². The molecule has 1 fully saturated rings. The maximum absolute atomic E-state index is 13.2.